The normalized spacial score (nSPS) is 22.0. The zero-order chi connectivity index (χ0) is 31.2. The first-order valence-electron chi connectivity index (χ1n) is 16.8. The van der Waals surface area contributed by atoms with Gasteiger partial charge in [0.25, 0.3) is 0 Å². The molecular weight excluding hydrogens is 570 g/mol. The molecule has 240 valence electrons. The van der Waals surface area contributed by atoms with Crippen LogP contribution < -0.4 is 10.6 Å². The first-order chi connectivity index (χ1) is 21.2. The van der Waals surface area contributed by atoms with Crippen LogP contribution in [0, 0.1) is 5.92 Å². The maximum Gasteiger partial charge on any atom is 0.245 e. The second-order valence-corrected chi connectivity index (χ2v) is 14.2. The van der Waals surface area contributed by atoms with Crippen molar-refractivity contribution >= 4 is 23.4 Å². The smallest absolute Gasteiger partial charge is 0.245 e. The zero-order valence-electron chi connectivity index (χ0n) is 27.1. The lowest BCUT2D eigenvalue weighted by Gasteiger charge is -2.43. The van der Waals surface area contributed by atoms with Gasteiger partial charge in [0, 0.05) is 61.7 Å². The molecule has 2 aromatic carbocycles. The summed E-state index contributed by atoms with van der Waals surface area (Å²) >= 11 is 6.16. The Hall–Kier alpha value is -2.45. The van der Waals surface area contributed by atoms with Gasteiger partial charge in [0.2, 0.25) is 11.8 Å². The van der Waals surface area contributed by atoms with Gasteiger partial charge in [-0.1, -0.05) is 61.8 Å². The third kappa shape index (κ3) is 8.42. The van der Waals surface area contributed by atoms with Gasteiger partial charge in [-0.25, -0.2) is 0 Å². The van der Waals surface area contributed by atoms with Crippen molar-refractivity contribution < 1.29 is 9.59 Å². The molecule has 7 nitrogen and oxygen atoms in total. The van der Waals surface area contributed by atoms with Crippen LogP contribution in [-0.2, 0) is 22.4 Å². The molecule has 3 aliphatic rings. The molecule has 2 N–H and O–H groups in total. The van der Waals surface area contributed by atoms with Crippen LogP contribution in [0.4, 0.5) is 0 Å². The highest BCUT2D eigenvalue weighted by molar-refractivity contribution is 6.30. The number of carbonyl (C=O) groups is 2. The minimum absolute atomic E-state index is 0.0203. The third-order valence-electron chi connectivity index (χ3n) is 9.81. The number of hydrogen-bond donors (Lipinski definition) is 2. The van der Waals surface area contributed by atoms with Gasteiger partial charge in [0.05, 0.1) is 0 Å². The van der Waals surface area contributed by atoms with Gasteiger partial charge in [0.1, 0.15) is 6.04 Å². The van der Waals surface area contributed by atoms with Crippen molar-refractivity contribution in [1.29, 1.82) is 0 Å². The monoisotopic (exact) mass is 621 g/mol. The fraction of sp³-hybridized carbons (Fsp3) is 0.611. The SMILES string of the molecule is CC(C)CN(C1CCN(C(C)C)CC1)C1CCN(C(=O)C(Cc2ccc(Cl)cc2)NC(=O)CC2NCCc3ccccc32)C1. The van der Waals surface area contributed by atoms with Crippen LogP contribution in [0.3, 0.4) is 0 Å². The average molecular weight is 622 g/mol. The quantitative estimate of drug-likeness (QED) is 0.367. The largest absolute Gasteiger partial charge is 0.344 e. The zero-order valence-corrected chi connectivity index (χ0v) is 27.9. The molecule has 0 aliphatic carbocycles. The van der Waals surface area contributed by atoms with Crippen LogP contribution in [0.15, 0.2) is 48.5 Å². The number of rotatable bonds is 11. The predicted molar refractivity (Wildman–Crippen MR) is 179 cm³/mol. The summed E-state index contributed by atoms with van der Waals surface area (Å²) in [5, 5.41) is 7.34. The Bertz CT molecular complexity index is 1240. The summed E-state index contributed by atoms with van der Waals surface area (Å²) in [6, 6.07) is 16.8. The lowest BCUT2D eigenvalue weighted by molar-refractivity contribution is -0.136. The van der Waals surface area contributed by atoms with E-state index in [9.17, 15) is 9.59 Å². The molecule has 0 bridgehead atoms. The molecule has 0 aromatic heterocycles. The highest BCUT2D eigenvalue weighted by Crippen LogP contribution is 2.28. The molecule has 3 unspecified atom stereocenters. The van der Waals surface area contributed by atoms with Crippen molar-refractivity contribution in [3.63, 3.8) is 0 Å². The van der Waals surface area contributed by atoms with Crippen molar-refractivity contribution in [2.45, 2.75) is 96.4 Å². The van der Waals surface area contributed by atoms with Gasteiger partial charge in [-0.05, 0) is 93.9 Å². The van der Waals surface area contributed by atoms with Crippen molar-refractivity contribution in [3.8, 4) is 0 Å². The average Bonchev–Trinajstić information content (AvgIpc) is 3.50. The van der Waals surface area contributed by atoms with Crippen LogP contribution in [0.25, 0.3) is 0 Å². The minimum Gasteiger partial charge on any atom is -0.344 e. The lowest BCUT2D eigenvalue weighted by Crippen LogP contribution is -2.53. The van der Waals surface area contributed by atoms with E-state index in [1.165, 1.54) is 24.0 Å². The van der Waals surface area contributed by atoms with Gasteiger partial charge < -0.3 is 20.4 Å². The number of carbonyl (C=O) groups excluding carboxylic acids is 2. The van der Waals surface area contributed by atoms with Crippen molar-refractivity contribution in [2.75, 3.05) is 39.3 Å². The molecule has 2 saturated heterocycles. The van der Waals surface area contributed by atoms with Gasteiger partial charge >= 0.3 is 0 Å². The fourth-order valence-electron chi connectivity index (χ4n) is 7.45. The van der Waals surface area contributed by atoms with E-state index in [-0.39, 0.29) is 17.9 Å². The first-order valence-corrected chi connectivity index (χ1v) is 17.2. The van der Waals surface area contributed by atoms with Gasteiger partial charge in [-0.3, -0.25) is 14.5 Å². The van der Waals surface area contributed by atoms with E-state index in [0.29, 0.717) is 41.9 Å². The number of piperidine rings is 1. The van der Waals surface area contributed by atoms with Crippen LogP contribution in [0.5, 0.6) is 0 Å². The molecule has 2 aromatic rings. The number of likely N-dealkylation sites (tertiary alicyclic amines) is 2. The Morgan fingerprint density at radius 1 is 0.977 bits per heavy atom. The molecule has 0 saturated carbocycles. The maximum absolute atomic E-state index is 14.2. The Morgan fingerprint density at radius 3 is 2.39 bits per heavy atom. The Kier molecular flexibility index (Phi) is 11.4. The third-order valence-corrected chi connectivity index (χ3v) is 10.1. The molecule has 5 rings (SSSR count). The maximum atomic E-state index is 14.2. The first kappa shape index (κ1) is 32.9. The second-order valence-electron chi connectivity index (χ2n) is 13.8. The molecule has 0 spiro atoms. The van der Waals surface area contributed by atoms with E-state index < -0.39 is 6.04 Å². The van der Waals surface area contributed by atoms with E-state index >= 15 is 0 Å². The van der Waals surface area contributed by atoms with Crippen molar-refractivity contribution in [3.05, 3.63) is 70.2 Å². The molecule has 3 aliphatic heterocycles. The number of hydrogen-bond acceptors (Lipinski definition) is 5. The minimum atomic E-state index is -0.617. The molecule has 44 heavy (non-hydrogen) atoms. The second kappa shape index (κ2) is 15.2. The molecule has 2 amide bonds. The van der Waals surface area contributed by atoms with Crippen molar-refractivity contribution in [2.24, 2.45) is 5.92 Å². The fourth-order valence-corrected chi connectivity index (χ4v) is 7.58. The summed E-state index contributed by atoms with van der Waals surface area (Å²) in [4.78, 5) is 35.0. The molecule has 3 heterocycles. The highest BCUT2D eigenvalue weighted by Gasteiger charge is 2.38. The summed E-state index contributed by atoms with van der Waals surface area (Å²) < 4.78 is 0. The van der Waals surface area contributed by atoms with E-state index in [1.807, 2.05) is 35.2 Å². The summed E-state index contributed by atoms with van der Waals surface area (Å²) in [7, 11) is 0. The summed E-state index contributed by atoms with van der Waals surface area (Å²) in [6.45, 7) is 14.8. The number of fused-ring (bicyclic) bond motifs is 1. The van der Waals surface area contributed by atoms with Gasteiger partial charge in [-0.15, -0.1) is 0 Å². The van der Waals surface area contributed by atoms with E-state index in [1.54, 1.807) is 0 Å². The number of benzene rings is 2. The molecule has 2 fully saturated rings. The number of amides is 2. The van der Waals surface area contributed by atoms with Crippen molar-refractivity contribution in [1.82, 2.24) is 25.3 Å². The molecule has 8 heteroatoms. The van der Waals surface area contributed by atoms with Crippen LogP contribution in [-0.4, -0.2) is 89.9 Å². The van der Waals surface area contributed by atoms with Crippen LogP contribution in [0.2, 0.25) is 5.02 Å². The summed E-state index contributed by atoms with van der Waals surface area (Å²) in [5.41, 5.74) is 3.46. The molecular formula is C36H52ClN5O2. The van der Waals surface area contributed by atoms with E-state index in [2.05, 4.69) is 66.3 Å². The molecule has 3 atom stereocenters. The number of halogens is 1. The Labute approximate surface area is 269 Å². The van der Waals surface area contributed by atoms with Gasteiger partial charge in [-0.2, -0.15) is 0 Å². The lowest BCUT2D eigenvalue weighted by atomic mass is 9.92. The predicted octanol–water partition coefficient (Wildman–Crippen LogP) is 5.08. The van der Waals surface area contributed by atoms with E-state index in [4.69, 9.17) is 11.6 Å². The van der Waals surface area contributed by atoms with Crippen LogP contribution in [0.1, 0.15) is 76.1 Å². The Balaban J connectivity index is 1.27. The highest BCUT2D eigenvalue weighted by atomic mass is 35.5. The molecule has 0 radical (unpaired) electrons. The summed E-state index contributed by atoms with van der Waals surface area (Å²) in [6.07, 6.45) is 5.06. The number of nitrogens with one attached hydrogen (secondary N) is 2. The van der Waals surface area contributed by atoms with Gasteiger partial charge in [0.15, 0.2) is 0 Å². The summed E-state index contributed by atoms with van der Waals surface area (Å²) in [5.74, 6) is 0.492. The van der Waals surface area contributed by atoms with Crippen LogP contribution >= 0.6 is 11.6 Å². The topological polar surface area (TPSA) is 67.9 Å². The van der Waals surface area contributed by atoms with E-state index in [0.717, 1.165) is 57.7 Å². The Morgan fingerprint density at radius 2 is 1.68 bits per heavy atom. The standard InChI is InChI=1S/C36H52ClN5O2/c1-25(2)23-42(30-14-18-40(19-15-30)26(3)4)31-16-20-41(24-31)36(44)34(21-27-9-11-29(37)12-10-27)39-35(43)22-33-32-8-6-5-7-28(32)13-17-38-33/h5-12,25-26,30-31,33-34,38H,13-24H2,1-4H3,(H,39,43). The number of nitrogens with zero attached hydrogens (tertiary/aromatic N) is 3.